The van der Waals surface area contributed by atoms with E-state index in [0.717, 1.165) is 73.4 Å². The van der Waals surface area contributed by atoms with Crippen molar-refractivity contribution in [3.05, 3.63) is 30.5 Å². The molecule has 2 saturated heterocycles. The van der Waals surface area contributed by atoms with Crippen LogP contribution in [0.5, 0.6) is 5.88 Å². The molecule has 2 aliphatic rings. The SMILES string of the molecule is CCn1nnc2ccc(-c3ccn4nc(NC5CCN(C6(C)COC6)CC5)nc(OC)c34)cc21. The van der Waals surface area contributed by atoms with Gasteiger partial charge in [-0.2, -0.15) is 4.98 Å². The zero-order valence-electron chi connectivity index (χ0n) is 19.9. The first kappa shape index (κ1) is 21.3. The second-order valence-electron chi connectivity index (χ2n) is 9.47. The van der Waals surface area contributed by atoms with Crippen molar-refractivity contribution in [2.75, 3.05) is 38.7 Å². The summed E-state index contributed by atoms with van der Waals surface area (Å²) in [5.41, 5.74) is 5.00. The van der Waals surface area contributed by atoms with Gasteiger partial charge in [-0.05, 0) is 50.5 Å². The zero-order valence-corrected chi connectivity index (χ0v) is 19.9. The highest BCUT2D eigenvalue weighted by Crippen LogP contribution is 2.33. The number of aromatic nitrogens is 6. The number of anilines is 1. The fourth-order valence-electron chi connectivity index (χ4n) is 5.12. The van der Waals surface area contributed by atoms with E-state index in [1.165, 1.54) is 0 Å². The van der Waals surface area contributed by atoms with Gasteiger partial charge in [0.1, 0.15) is 11.0 Å². The van der Waals surface area contributed by atoms with Gasteiger partial charge < -0.3 is 14.8 Å². The largest absolute Gasteiger partial charge is 0.479 e. The van der Waals surface area contributed by atoms with Gasteiger partial charge in [0.05, 0.1) is 31.4 Å². The lowest BCUT2D eigenvalue weighted by atomic mass is 9.93. The molecule has 6 rings (SSSR count). The van der Waals surface area contributed by atoms with Crippen LogP contribution in [-0.2, 0) is 11.3 Å². The number of ether oxygens (including phenoxy) is 2. The number of hydrogen-bond donors (Lipinski definition) is 1. The molecule has 34 heavy (non-hydrogen) atoms. The second-order valence-corrected chi connectivity index (χ2v) is 9.47. The topological polar surface area (TPSA) is 94.6 Å². The molecule has 0 bridgehead atoms. The van der Waals surface area contributed by atoms with E-state index in [4.69, 9.17) is 19.6 Å². The molecular weight excluding hydrogens is 432 g/mol. The Hall–Kier alpha value is -3.24. The maximum Gasteiger partial charge on any atom is 0.244 e. The molecule has 2 aliphatic heterocycles. The molecule has 0 atom stereocenters. The second kappa shape index (κ2) is 8.21. The lowest BCUT2D eigenvalue weighted by molar-refractivity contribution is -0.135. The summed E-state index contributed by atoms with van der Waals surface area (Å²) < 4.78 is 14.9. The van der Waals surface area contributed by atoms with Crippen LogP contribution < -0.4 is 10.1 Å². The molecule has 0 amide bonds. The summed E-state index contributed by atoms with van der Waals surface area (Å²) in [6.45, 7) is 8.90. The van der Waals surface area contributed by atoms with Gasteiger partial charge in [-0.15, -0.1) is 10.2 Å². The van der Waals surface area contributed by atoms with Crippen LogP contribution in [0.3, 0.4) is 0 Å². The Bertz CT molecular complexity index is 1330. The number of nitrogens with zero attached hydrogens (tertiary/aromatic N) is 7. The normalized spacial score (nSPS) is 18.9. The van der Waals surface area contributed by atoms with Gasteiger partial charge in [0.15, 0.2) is 0 Å². The summed E-state index contributed by atoms with van der Waals surface area (Å²) in [5, 5.41) is 16.8. The van der Waals surface area contributed by atoms with Gasteiger partial charge in [-0.1, -0.05) is 11.3 Å². The number of benzene rings is 1. The van der Waals surface area contributed by atoms with E-state index in [0.29, 0.717) is 17.9 Å². The van der Waals surface area contributed by atoms with Gasteiger partial charge in [-0.3, -0.25) is 4.90 Å². The van der Waals surface area contributed by atoms with Crippen LogP contribution in [0, 0.1) is 0 Å². The van der Waals surface area contributed by atoms with Crippen molar-refractivity contribution in [2.24, 2.45) is 0 Å². The van der Waals surface area contributed by atoms with E-state index < -0.39 is 0 Å². The first-order valence-electron chi connectivity index (χ1n) is 11.9. The van der Waals surface area contributed by atoms with Crippen LogP contribution in [0.1, 0.15) is 26.7 Å². The van der Waals surface area contributed by atoms with E-state index in [2.05, 4.69) is 52.6 Å². The summed E-state index contributed by atoms with van der Waals surface area (Å²) in [6.07, 6.45) is 4.06. The maximum absolute atomic E-state index is 5.72. The minimum absolute atomic E-state index is 0.207. The third-order valence-corrected chi connectivity index (χ3v) is 7.21. The molecule has 10 nitrogen and oxygen atoms in total. The third kappa shape index (κ3) is 3.48. The molecule has 4 aromatic rings. The Morgan fingerprint density at radius 2 is 2.03 bits per heavy atom. The zero-order chi connectivity index (χ0) is 23.3. The van der Waals surface area contributed by atoms with Crippen LogP contribution in [0.4, 0.5) is 5.95 Å². The monoisotopic (exact) mass is 462 g/mol. The van der Waals surface area contributed by atoms with Crippen LogP contribution in [0.15, 0.2) is 30.5 Å². The number of fused-ring (bicyclic) bond motifs is 2. The van der Waals surface area contributed by atoms with E-state index in [1.807, 2.05) is 21.5 Å². The Labute approximate surface area is 197 Å². The van der Waals surface area contributed by atoms with Crippen molar-refractivity contribution in [3.8, 4) is 17.0 Å². The predicted octanol–water partition coefficient (Wildman–Crippen LogP) is 2.83. The quantitative estimate of drug-likeness (QED) is 0.468. The number of likely N-dealkylation sites (tertiary alicyclic amines) is 1. The predicted molar refractivity (Wildman–Crippen MR) is 129 cm³/mol. The number of methoxy groups -OCH3 is 1. The van der Waals surface area contributed by atoms with Gasteiger partial charge in [0.25, 0.3) is 0 Å². The lowest BCUT2D eigenvalue weighted by Gasteiger charge is -2.49. The molecule has 1 aromatic carbocycles. The van der Waals surface area contributed by atoms with Crippen LogP contribution in [0.2, 0.25) is 0 Å². The van der Waals surface area contributed by atoms with E-state index in [1.54, 1.807) is 7.11 Å². The molecule has 1 N–H and O–H groups in total. The average molecular weight is 463 g/mol. The third-order valence-electron chi connectivity index (χ3n) is 7.21. The first-order valence-corrected chi connectivity index (χ1v) is 11.9. The smallest absolute Gasteiger partial charge is 0.244 e. The average Bonchev–Trinajstić information content (AvgIpc) is 3.46. The summed E-state index contributed by atoms with van der Waals surface area (Å²) >= 11 is 0. The fourth-order valence-corrected chi connectivity index (χ4v) is 5.12. The number of aryl methyl sites for hydroxylation is 1. The summed E-state index contributed by atoms with van der Waals surface area (Å²) in [4.78, 5) is 7.27. The highest BCUT2D eigenvalue weighted by atomic mass is 16.5. The summed E-state index contributed by atoms with van der Waals surface area (Å²) in [5.74, 6) is 1.14. The Morgan fingerprint density at radius 3 is 2.74 bits per heavy atom. The van der Waals surface area contributed by atoms with Crippen LogP contribution in [-0.4, -0.2) is 79.5 Å². The Kier molecular flexibility index (Phi) is 5.14. The standard InChI is InChI=1S/C24H30N8O2/c1-4-31-20-13-16(5-6-19(20)27-29-31)18-9-12-32-21(18)22(33-3)26-23(28-32)25-17-7-10-30(11-8-17)24(2)14-34-15-24/h5-6,9,12-13,17H,4,7-8,10-11,14-15H2,1-3H3,(H,25,28). The van der Waals surface area contributed by atoms with Crippen molar-refractivity contribution < 1.29 is 9.47 Å². The Morgan fingerprint density at radius 1 is 1.21 bits per heavy atom. The highest BCUT2D eigenvalue weighted by molar-refractivity contribution is 5.89. The molecule has 2 fully saturated rings. The minimum Gasteiger partial charge on any atom is -0.479 e. The van der Waals surface area contributed by atoms with Crippen molar-refractivity contribution >= 4 is 22.5 Å². The summed E-state index contributed by atoms with van der Waals surface area (Å²) in [6, 6.07) is 8.55. The van der Waals surface area contributed by atoms with Crippen LogP contribution in [0.25, 0.3) is 27.7 Å². The molecule has 0 spiro atoms. The maximum atomic E-state index is 5.72. The molecule has 0 saturated carbocycles. The van der Waals surface area contributed by atoms with Crippen molar-refractivity contribution in [1.82, 2.24) is 34.5 Å². The van der Waals surface area contributed by atoms with Gasteiger partial charge in [-0.25, -0.2) is 9.20 Å². The minimum atomic E-state index is 0.207. The van der Waals surface area contributed by atoms with E-state index in [9.17, 15) is 0 Å². The molecule has 5 heterocycles. The fraction of sp³-hybridized carbons (Fsp3) is 0.500. The first-order chi connectivity index (χ1) is 16.6. The van der Waals surface area contributed by atoms with Gasteiger partial charge in [0, 0.05) is 37.4 Å². The Balaban J connectivity index is 1.26. The highest BCUT2D eigenvalue weighted by Gasteiger charge is 2.40. The van der Waals surface area contributed by atoms with Crippen molar-refractivity contribution in [1.29, 1.82) is 0 Å². The van der Waals surface area contributed by atoms with Gasteiger partial charge >= 0.3 is 0 Å². The van der Waals surface area contributed by atoms with E-state index in [-0.39, 0.29) is 5.54 Å². The number of nitrogens with one attached hydrogen (secondary N) is 1. The molecule has 0 unspecified atom stereocenters. The number of hydrogen-bond acceptors (Lipinski definition) is 8. The molecule has 0 radical (unpaired) electrons. The van der Waals surface area contributed by atoms with Crippen LogP contribution >= 0.6 is 0 Å². The number of piperidine rings is 1. The molecule has 3 aromatic heterocycles. The summed E-state index contributed by atoms with van der Waals surface area (Å²) in [7, 11) is 1.65. The number of rotatable bonds is 6. The van der Waals surface area contributed by atoms with Gasteiger partial charge in [0.2, 0.25) is 11.8 Å². The molecule has 178 valence electrons. The lowest BCUT2D eigenvalue weighted by Crippen LogP contribution is -2.62. The molecule has 10 heteroatoms. The molecular formula is C24H30N8O2. The van der Waals surface area contributed by atoms with Crippen molar-refractivity contribution in [3.63, 3.8) is 0 Å². The van der Waals surface area contributed by atoms with E-state index >= 15 is 0 Å². The van der Waals surface area contributed by atoms with Crippen molar-refractivity contribution in [2.45, 2.75) is 44.8 Å². The molecule has 0 aliphatic carbocycles.